The van der Waals surface area contributed by atoms with E-state index in [0.717, 1.165) is 43.5 Å². The van der Waals surface area contributed by atoms with Gasteiger partial charge in [-0.05, 0) is 81.4 Å². The van der Waals surface area contributed by atoms with E-state index in [4.69, 9.17) is 0 Å². The molecule has 0 saturated heterocycles. The van der Waals surface area contributed by atoms with Crippen LogP contribution in [0.2, 0.25) is 0 Å². The summed E-state index contributed by atoms with van der Waals surface area (Å²) in [6.07, 6.45) is 7.31. The number of carbonyl (C=O) groups is 2. The van der Waals surface area contributed by atoms with Gasteiger partial charge in [0.1, 0.15) is 17.6 Å². The van der Waals surface area contributed by atoms with Crippen molar-refractivity contribution in [2.45, 2.75) is 71.9 Å². The molecule has 3 N–H and O–H groups in total. The summed E-state index contributed by atoms with van der Waals surface area (Å²) >= 11 is 0. The minimum Gasteiger partial charge on any atom is -0.339 e. The van der Waals surface area contributed by atoms with Crippen LogP contribution in [-0.4, -0.2) is 42.8 Å². The Morgan fingerprint density at radius 1 is 1.16 bits per heavy atom. The van der Waals surface area contributed by atoms with Crippen LogP contribution in [0.5, 0.6) is 0 Å². The van der Waals surface area contributed by atoms with Crippen LogP contribution in [0.4, 0.5) is 10.2 Å². The van der Waals surface area contributed by atoms with Crippen molar-refractivity contribution < 1.29 is 14.0 Å². The standard InChI is InChI=1S/C27H34FN7O2/c1-4-14-35-20(12-13-29-35)26(36)32-24(23(16-6-7-16)17-8-9-17)27(37)31-21-11-10-18(25(28)30-21)22-15(3)33-34-19(22)5-2/h10-13,16-17,23-24H,4-9,14H2,1-3H3,(H,32,36)(H,33,34)(H,30,31,37)/t24-/m0/s1. The molecular weight excluding hydrogens is 473 g/mol. The summed E-state index contributed by atoms with van der Waals surface area (Å²) in [7, 11) is 0. The molecule has 0 aromatic carbocycles. The Morgan fingerprint density at radius 2 is 1.89 bits per heavy atom. The summed E-state index contributed by atoms with van der Waals surface area (Å²) in [6, 6.07) is 4.15. The maximum atomic E-state index is 15.1. The van der Waals surface area contributed by atoms with E-state index in [2.05, 4.69) is 30.9 Å². The fraction of sp³-hybridized carbons (Fsp3) is 0.519. The molecule has 2 amide bonds. The van der Waals surface area contributed by atoms with Crippen LogP contribution >= 0.6 is 0 Å². The maximum absolute atomic E-state index is 15.1. The lowest BCUT2D eigenvalue weighted by molar-refractivity contribution is -0.119. The van der Waals surface area contributed by atoms with Gasteiger partial charge in [-0.2, -0.15) is 14.6 Å². The highest BCUT2D eigenvalue weighted by Crippen LogP contribution is 2.51. The van der Waals surface area contributed by atoms with Crippen LogP contribution in [0.25, 0.3) is 11.1 Å². The van der Waals surface area contributed by atoms with E-state index in [-0.39, 0.29) is 23.6 Å². The van der Waals surface area contributed by atoms with Crippen LogP contribution in [0.3, 0.4) is 0 Å². The number of carbonyl (C=O) groups excluding carboxylic acids is 2. The molecule has 5 rings (SSSR count). The van der Waals surface area contributed by atoms with Crippen molar-refractivity contribution >= 4 is 17.6 Å². The number of halogens is 1. The lowest BCUT2D eigenvalue weighted by Gasteiger charge is -2.27. The first-order valence-electron chi connectivity index (χ1n) is 13.3. The normalized spacial score (nSPS) is 16.1. The predicted molar refractivity (Wildman–Crippen MR) is 137 cm³/mol. The SMILES string of the molecule is CCCn1nccc1C(=O)N[C@H](C(=O)Nc1ccc(-c2c(CC)n[nH]c2C)c(F)n1)C(C1CC1)C1CC1. The molecule has 2 saturated carbocycles. The molecule has 0 unspecified atom stereocenters. The number of nitrogens with one attached hydrogen (secondary N) is 3. The minimum atomic E-state index is -0.732. The molecule has 2 fully saturated rings. The van der Waals surface area contributed by atoms with E-state index in [1.54, 1.807) is 29.1 Å². The predicted octanol–water partition coefficient (Wildman–Crippen LogP) is 4.26. The number of hydrogen-bond donors (Lipinski definition) is 3. The van der Waals surface area contributed by atoms with Crippen LogP contribution in [0.15, 0.2) is 24.4 Å². The second kappa shape index (κ2) is 10.4. The molecule has 3 aromatic heterocycles. The van der Waals surface area contributed by atoms with Gasteiger partial charge in [-0.3, -0.25) is 19.4 Å². The van der Waals surface area contributed by atoms with Gasteiger partial charge in [0.25, 0.3) is 5.91 Å². The zero-order chi connectivity index (χ0) is 26.1. The molecule has 0 aliphatic heterocycles. The van der Waals surface area contributed by atoms with E-state index < -0.39 is 12.0 Å². The number of aromatic nitrogens is 5. The molecule has 3 heterocycles. The summed E-state index contributed by atoms with van der Waals surface area (Å²) in [5.41, 5.74) is 2.99. The number of rotatable bonds is 11. The van der Waals surface area contributed by atoms with Gasteiger partial charge in [-0.15, -0.1) is 0 Å². The Bertz CT molecular complexity index is 1280. The van der Waals surface area contributed by atoms with Gasteiger partial charge in [0.15, 0.2) is 0 Å². The van der Waals surface area contributed by atoms with Crippen LogP contribution in [-0.2, 0) is 17.8 Å². The van der Waals surface area contributed by atoms with Gasteiger partial charge in [0, 0.05) is 29.6 Å². The maximum Gasteiger partial charge on any atom is 0.270 e. The number of aryl methyl sites for hydroxylation is 3. The molecule has 2 aliphatic rings. The van der Waals surface area contributed by atoms with E-state index in [9.17, 15) is 9.59 Å². The zero-order valence-electron chi connectivity index (χ0n) is 21.6. The first kappa shape index (κ1) is 25.1. The number of pyridine rings is 1. The monoisotopic (exact) mass is 507 g/mol. The molecule has 37 heavy (non-hydrogen) atoms. The summed E-state index contributed by atoms with van der Waals surface area (Å²) in [5.74, 6) is -0.383. The molecule has 196 valence electrons. The summed E-state index contributed by atoms with van der Waals surface area (Å²) in [6.45, 7) is 6.43. The van der Waals surface area contributed by atoms with Crippen molar-refractivity contribution in [1.82, 2.24) is 30.3 Å². The number of hydrogen-bond acceptors (Lipinski definition) is 5. The third-order valence-corrected chi connectivity index (χ3v) is 7.40. The van der Waals surface area contributed by atoms with Crippen molar-refractivity contribution in [2.24, 2.45) is 17.8 Å². The second-order valence-corrected chi connectivity index (χ2v) is 10.2. The average molecular weight is 508 g/mol. The molecule has 0 bridgehead atoms. The Kier molecular flexibility index (Phi) is 7.08. The van der Waals surface area contributed by atoms with Gasteiger partial charge < -0.3 is 10.6 Å². The van der Waals surface area contributed by atoms with Crippen LogP contribution in [0.1, 0.15) is 67.8 Å². The van der Waals surface area contributed by atoms with Crippen molar-refractivity contribution in [3.8, 4) is 11.1 Å². The number of nitrogens with zero attached hydrogens (tertiary/aromatic N) is 4. The number of anilines is 1. The Hall–Kier alpha value is -3.56. The second-order valence-electron chi connectivity index (χ2n) is 10.2. The van der Waals surface area contributed by atoms with Crippen molar-refractivity contribution in [3.63, 3.8) is 0 Å². The van der Waals surface area contributed by atoms with E-state index in [1.807, 2.05) is 20.8 Å². The third kappa shape index (κ3) is 5.28. The Morgan fingerprint density at radius 3 is 2.51 bits per heavy atom. The summed E-state index contributed by atoms with van der Waals surface area (Å²) in [4.78, 5) is 30.9. The molecular formula is C27H34FN7O2. The summed E-state index contributed by atoms with van der Waals surface area (Å²) < 4.78 is 16.8. The van der Waals surface area contributed by atoms with Crippen molar-refractivity contribution in [3.05, 3.63) is 47.4 Å². The first-order chi connectivity index (χ1) is 17.9. The molecule has 3 aromatic rings. The molecule has 10 heteroatoms. The van der Waals surface area contributed by atoms with Gasteiger partial charge in [-0.1, -0.05) is 13.8 Å². The highest BCUT2D eigenvalue weighted by Gasteiger charge is 2.48. The van der Waals surface area contributed by atoms with Gasteiger partial charge in [0.05, 0.1) is 5.69 Å². The number of aromatic amines is 1. The first-order valence-corrected chi connectivity index (χ1v) is 13.3. The van der Waals surface area contributed by atoms with Gasteiger partial charge in [0.2, 0.25) is 11.9 Å². The van der Waals surface area contributed by atoms with Gasteiger partial charge in [-0.25, -0.2) is 4.98 Å². The fourth-order valence-corrected chi connectivity index (χ4v) is 5.35. The van der Waals surface area contributed by atoms with E-state index in [0.29, 0.717) is 41.6 Å². The molecule has 0 spiro atoms. The molecule has 2 aliphatic carbocycles. The van der Waals surface area contributed by atoms with Crippen LogP contribution < -0.4 is 10.6 Å². The van der Waals surface area contributed by atoms with Crippen molar-refractivity contribution in [1.29, 1.82) is 0 Å². The number of H-pyrrole nitrogens is 1. The number of amides is 2. The highest BCUT2D eigenvalue weighted by atomic mass is 19.1. The molecule has 1 atom stereocenters. The fourth-order valence-electron chi connectivity index (χ4n) is 5.35. The molecule has 9 nitrogen and oxygen atoms in total. The van der Waals surface area contributed by atoms with Crippen LogP contribution in [0, 0.1) is 30.6 Å². The highest BCUT2D eigenvalue weighted by molar-refractivity contribution is 6.00. The largest absolute Gasteiger partial charge is 0.339 e. The Labute approximate surface area is 215 Å². The smallest absolute Gasteiger partial charge is 0.270 e. The van der Waals surface area contributed by atoms with Crippen molar-refractivity contribution in [2.75, 3.05) is 5.32 Å². The quantitative estimate of drug-likeness (QED) is 0.335. The zero-order valence-corrected chi connectivity index (χ0v) is 21.6. The molecule has 0 radical (unpaired) electrons. The topological polar surface area (TPSA) is 118 Å². The van der Waals surface area contributed by atoms with Gasteiger partial charge >= 0.3 is 0 Å². The Balaban J connectivity index is 1.38. The average Bonchev–Trinajstić information content (AvgIpc) is 3.81. The minimum absolute atomic E-state index is 0.0521. The van der Waals surface area contributed by atoms with E-state index in [1.165, 1.54) is 0 Å². The van der Waals surface area contributed by atoms with E-state index >= 15 is 4.39 Å². The summed E-state index contributed by atoms with van der Waals surface area (Å²) in [5, 5.41) is 17.2. The lowest BCUT2D eigenvalue weighted by atomic mass is 9.88. The third-order valence-electron chi connectivity index (χ3n) is 7.40. The lowest BCUT2D eigenvalue weighted by Crippen LogP contribution is -2.50.